The Bertz CT molecular complexity index is 865. The molecule has 0 amide bonds. The highest BCUT2D eigenvalue weighted by molar-refractivity contribution is 7.98. The van der Waals surface area contributed by atoms with Crippen LogP contribution in [-0.2, 0) is 6.61 Å². The first-order valence-electron chi connectivity index (χ1n) is 6.80. The first-order valence-corrected chi connectivity index (χ1v) is 8.41. The second kappa shape index (κ2) is 7.50. The SMILES string of the molecule is CSc1nncn1N=Cc1ccc(COc2ccc(F)c(Cl)c2)o1. The van der Waals surface area contributed by atoms with E-state index < -0.39 is 5.82 Å². The summed E-state index contributed by atoms with van der Waals surface area (Å²) < 4.78 is 25.7. The second-order valence-electron chi connectivity index (χ2n) is 4.58. The highest BCUT2D eigenvalue weighted by Gasteiger charge is 2.05. The maximum atomic E-state index is 13.1. The van der Waals surface area contributed by atoms with Crippen LogP contribution in [0.5, 0.6) is 5.75 Å². The van der Waals surface area contributed by atoms with Crippen LogP contribution in [0.25, 0.3) is 0 Å². The van der Waals surface area contributed by atoms with E-state index in [9.17, 15) is 4.39 Å². The average molecular weight is 367 g/mol. The number of aromatic nitrogens is 3. The van der Waals surface area contributed by atoms with Crippen LogP contribution in [0, 0.1) is 5.82 Å². The quantitative estimate of drug-likeness (QED) is 0.489. The Kier molecular flexibility index (Phi) is 5.17. The van der Waals surface area contributed by atoms with E-state index in [-0.39, 0.29) is 11.6 Å². The van der Waals surface area contributed by atoms with Crippen molar-refractivity contribution in [1.82, 2.24) is 14.9 Å². The highest BCUT2D eigenvalue weighted by Crippen LogP contribution is 2.22. The Balaban J connectivity index is 1.62. The van der Waals surface area contributed by atoms with Crippen LogP contribution in [0.3, 0.4) is 0 Å². The molecule has 0 saturated heterocycles. The smallest absolute Gasteiger partial charge is 0.211 e. The number of furan rings is 1. The zero-order valence-corrected chi connectivity index (χ0v) is 14.1. The number of hydrogen-bond donors (Lipinski definition) is 0. The second-order valence-corrected chi connectivity index (χ2v) is 5.76. The van der Waals surface area contributed by atoms with Crippen LogP contribution >= 0.6 is 23.4 Å². The van der Waals surface area contributed by atoms with Crippen LogP contribution in [0.15, 0.2) is 51.3 Å². The van der Waals surface area contributed by atoms with Crippen LogP contribution in [-0.4, -0.2) is 27.3 Å². The molecule has 3 rings (SSSR count). The van der Waals surface area contributed by atoms with Gasteiger partial charge in [-0.2, -0.15) is 9.78 Å². The van der Waals surface area contributed by atoms with E-state index in [4.69, 9.17) is 20.8 Å². The van der Waals surface area contributed by atoms with Gasteiger partial charge < -0.3 is 9.15 Å². The van der Waals surface area contributed by atoms with Gasteiger partial charge in [0.05, 0.1) is 11.2 Å². The van der Waals surface area contributed by atoms with Crippen molar-refractivity contribution in [2.45, 2.75) is 11.8 Å². The molecular formula is C15H12ClFN4O2S. The van der Waals surface area contributed by atoms with Gasteiger partial charge in [-0.25, -0.2) is 4.39 Å². The molecule has 0 atom stereocenters. The zero-order valence-electron chi connectivity index (χ0n) is 12.5. The number of nitrogens with zero attached hydrogens (tertiary/aromatic N) is 4. The molecule has 0 saturated carbocycles. The van der Waals surface area contributed by atoms with Gasteiger partial charge in [0, 0.05) is 6.07 Å². The molecule has 0 N–H and O–H groups in total. The van der Waals surface area contributed by atoms with E-state index in [0.29, 0.717) is 22.4 Å². The first-order chi connectivity index (χ1) is 11.7. The molecule has 0 aliphatic rings. The zero-order chi connectivity index (χ0) is 16.9. The minimum Gasteiger partial charge on any atom is -0.486 e. The molecule has 3 aromatic rings. The molecular weight excluding hydrogens is 355 g/mol. The van der Waals surface area contributed by atoms with Gasteiger partial charge in [0.2, 0.25) is 5.16 Å². The van der Waals surface area contributed by atoms with Crippen molar-refractivity contribution in [3.05, 3.63) is 59.0 Å². The lowest BCUT2D eigenvalue weighted by Crippen LogP contribution is -1.94. The molecule has 0 spiro atoms. The fourth-order valence-corrected chi connectivity index (χ4v) is 2.40. The maximum absolute atomic E-state index is 13.1. The van der Waals surface area contributed by atoms with Crippen molar-refractivity contribution in [1.29, 1.82) is 0 Å². The summed E-state index contributed by atoms with van der Waals surface area (Å²) in [6.07, 6.45) is 4.95. The summed E-state index contributed by atoms with van der Waals surface area (Å²) in [6, 6.07) is 7.71. The maximum Gasteiger partial charge on any atom is 0.211 e. The van der Waals surface area contributed by atoms with Gasteiger partial charge in [-0.1, -0.05) is 23.4 Å². The number of benzene rings is 1. The molecule has 0 aliphatic heterocycles. The molecule has 0 aliphatic carbocycles. The standard InChI is InChI=1S/C15H12ClFN4O2S/c1-24-15-20-18-9-21(15)19-7-11-2-3-12(23-11)8-22-10-4-5-14(17)13(16)6-10/h2-7,9H,8H2,1H3. The summed E-state index contributed by atoms with van der Waals surface area (Å²) in [5.41, 5.74) is 0. The molecule has 0 unspecified atom stereocenters. The van der Waals surface area contributed by atoms with Gasteiger partial charge in [-0.05, 0) is 30.5 Å². The third kappa shape index (κ3) is 3.95. The van der Waals surface area contributed by atoms with Gasteiger partial charge in [0.25, 0.3) is 0 Å². The van der Waals surface area contributed by atoms with E-state index in [2.05, 4.69) is 15.3 Å². The topological polar surface area (TPSA) is 65.4 Å². The number of rotatable bonds is 6. The van der Waals surface area contributed by atoms with Crippen molar-refractivity contribution in [2.24, 2.45) is 5.10 Å². The predicted octanol–water partition coefficient (Wildman–Crippen LogP) is 3.85. The molecule has 124 valence electrons. The molecule has 9 heteroatoms. The summed E-state index contributed by atoms with van der Waals surface area (Å²) >= 11 is 7.14. The monoisotopic (exact) mass is 366 g/mol. The lowest BCUT2D eigenvalue weighted by Gasteiger charge is -2.04. The van der Waals surface area contributed by atoms with Gasteiger partial charge in [-0.3, -0.25) is 0 Å². The van der Waals surface area contributed by atoms with E-state index in [1.54, 1.807) is 23.0 Å². The highest BCUT2D eigenvalue weighted by atomic mass is 35.5. The minimum absolute atomic E-state index is 0.0123. The number of ether oxygens (including phenoxy) is 1. The number of thioether (sulfide) groups is 1. The molecule has 0 bridgehead atoms. The van der Waals surface area contributed by atoms with Crippen LogP contribution in [0.2, 0.25) is 5.02 Å². The van der Waals surface area contributed by atoms with E-state index in [1.807, 2.05) is 6.26 Å². The Morgan fingerprint density at radius 3 is 3.08 bits per heavy atom. The largest absolute Gasteiger partial charge is 0.486 e. The third-order valence-corrected chi connectivity index (χ3v) is 3.87. The van der Waals surface area contributed by atoms with Crippen LogP contribution in [0.1, 0.15) is 11.5 Å². The molecule has 24 heavy (non-hydrogen) atoms. The first kappa shape index (κ1) is 16.5. The van der Waals surface area contributed by atoms with E-state index >= 15 is 0 Å². The summed E-state index contributed by atoms with van der Waals surface area (Å²) in [4.78, 5) is 0. The normalized spacial score (nSPS) is 11.3. The van der Waals surface area contributed by atoms with Gasteiger partial charge in [-0.15, -0.1) is 10.2 Å². The number of hydrogen-bond acceptors (Lipinski definition) is 6. The van der Waals surface area contributed by atoms with Crippen LogP contribution < -0.4 is 4.74 Å². The lowest BCUT2D eigenvalue weighted by molar-refractivity contribution is 0.269. The fourth-order valence-electron chi connectivity index (χ4n) is 1.81. The summed E-state index contributed by atoms with van der Waals surface area (Å²) in [5.74, 6) is 1.14. The molecule has 2 aromatic heterocycles. The van der Waals surface area contributed by atoms with E-state index in [1.165, 1.54) is 36.3 Å². The van der Waals surface area contributed by atoms with E-state index in [0.717, 1.165) is 0 Å². The van der Waals surface area contributed by atoms with Crippen molar-refractivity contribution in [2.75, 3.05) is 6.26 Å². The summed E-state index contributed by atoms with van der Waals surface area (Å²) in [5, 5.41) is 12.6. The predicted molar refractivity (Wildman–Crippen MR) is 89.2 cm³/mol. The van der Waals surface area contributed by atoms with Crippen molar-refractivity contribution >= 4 is 29.6 Å². The molecule has 2 heterocycles. The van der Waals surface area contributed by atoms with Crippen molar-refractivity contribution in [3.63, 3.8) is 0 Å². The fraction of sp³-hybridized carbons (Fsp3) is 0.133. The molecule has 6 nitrogen and oxygen atoms in total. The van der Waals surface area contributed by atoms with Crippen molar-refractivity contribution in [3.8, 4) is 5.75 Å². The van der Waals surface area contributed by atoms with Gasteiger partial charge >= 0.3 is 0 Å². The summed E-state index contributed by atoms with van der Waals surface area (Å²) in [6.45, 7) is 0.193. The molecule has 0 fully saturated rings. The minimum atomic E-state index is -0.487. The Labute approximate surface area is 146 Å². The summed E-state index contributed by atoms with van der Waals surface area (Å²) in [7, 11) is 0. The Hall–Kier alpha value is -2.32. The lowest BCUT2D eigenvalue weighted by atomic mass is 10.3. The van der Waals surface area contributed by atoms with Crippen molar-refractivity contribution < 1.29 is 13.5 Å². The Morgan fingerprint density at radius 2 is 2.29 bits per heavy atom. The molecule has 1 aromatic carbocycles. The number of halogens is 2. The molecule has 0 radical (unpaired) electrons. The Morgan fingerprint density at radius 1 is 1.42 bits per heavy atom. The van der Waals surface area contributed by atoms with Gasteiger partial charge in [0.15, 0.2) is 0 Å². The third-order valence-electron chi connectivity index (χ3n) is 2.95. The average Bonchev–Trinajstić information content (AvgIpc) is 3.22. The van der Waals surface area contributed by atoms with Crippen LogP contribution in [0.4, 0.5) is 4.39 Å². The van der Waals surface area contributed by atoms with Gasteiger partial charge in [0.1, 0.15) is 36.0 Å².